The lowest BCUT2D eigenvalue weighted by molar-refractivity contribution is -0.136. The highest BCUT2D eigenvalue weighted by molar-refractivity contribution is 6.17. The fourth-order valence-electron chi connectivity index (χ4n) is 1.58. The topological polar surface area (TPSA) is 61.1 Å². The first-order valence-electron chi connectivity index (χ1n) is 4.94. The molecule has 0 bridgehead atoms. The van der Waals surface area contributed by atoms with Crippen LogP contribution >= 0.6 is 11.6 Å². The van der Waals surface area contributed by atoms with Gasteiger partial charge in [0.1, 0.15) is 0 Å². The van der Waals surface area contributed by atoms with Crippen LogP contribution in [0, 0.1) is 11.3 Å². The van der Waals surface area contributed by atoms with E-state index in [1.165, 1.54) is 0 Å². The van der Waals surface area contributed by atoms with Gasteiger partial charge in [0.15, 0.2) is 0 Å². The number of alkyl halides is 1. The Bertz CT molecular complexity index is 449. The molecule has 0 aliphatic rings. The van der Waals surface area contributed by atoms with E-state index in [9.17, 15) is 4.79 Å². The SMILES string of the molecule is CCc1cc(C#N)c(CCl)c(CC(=O)O)c1. The monoisotopic (exact) mass is 237 g/mol. The van der Waals surface area contributed by atoms with E-state index >= 15 is 0 Å². The van der Waals surface area contributed by atoms with E-state index in [4.69, 9.17) is 22.0 Å². The predicted molar refractivity (Wildman–Crippen MR) is 61.4 cm³/mol. The Morgan fingerprint density at radius 3 is 2.69 bits per heavy atom. The van der Waals surface area contributed by atoms with E-state index in [1.54, 1.807) is 6.07 Å². The fourth-order valence-corrected chi connectivity index (χ4v) is 1.90. The van der Waals surface area contributed by atoms with E-state index in [1.807, 2.05) is 13.0 Å². The zero-order chi connectivity index (χ0) is 12.1. The maximum absolute atomic E-state index is 10.7. The molecule has 0 unspecified atom stereocenters. The lowest BCUT2D eigenvalue weighted by Gasteiger charge is -2.09. The van der Waals surface area contributed by atoms with Gasteiger partial charge in [0, 0.05) is 5.88 Å². The molecule has 0 amide bonds. The van der Waals surface area contributed by atoms with Crippen molar-refractivity contribution in [3.8, 4) is 6.07 Å². The summed E-state index contributed by atoms with van der Waals surface area (Å²) in [7, 11) is 0. The molecule has 0 saturated carbocycles. The van der Waals surface area contributed by atoms with Crippen molar-refractivity contribution in [1.29, 1.82) is 5.26 Å². The average Bonchev–Trinajstić information content (AvgIpc) is 2.27. The second kappa shape index (κ2) is 5.53. The number of halogens is 1. The molecule has 0 spiro atoms. The molecule has 0 aliphatic heterocycles. The summed E-state index contributed by atoms with van der Waals surface area (Å²) >= 11 is 5.75. The minimum atomic E-state index is -0.913. The molecule has 16 heavy (non-hydrogen) atoms. The minimum absolute atomic E-state index is 0.0927. The molecule has 1 aromatic carbocycles. The van der Waals surface area contributed by atoms with Gasteiger partial charge in [-0.15, -0.1) is 11.6 Å². The molecule has 1 N–H and O–H groups in total. The number of carbonyl (C=O) groups is 1. The summed E-state index contributed by atoms with van der Waals surface area (Å²) in [4.78, 5) is 10.7. The molecule has 1 aromatic rings. The molecular weight excluding hydrogens is 226 g/mol. The minimum Gasteiger partial charge on any atom is -0.481 e. The number of hydrogen-bond acceptors (Lipinski definition) is 2. The third-order valence-corrected chi connectivity index (χ3v) is 2.67. The normalized spacial score (nSPS) is 9.81. The van der Waals surface area contributed by atoms with Gasteiger partial charge in [-0.05, 0) is 29.2 Å². The highest BCUT2D eigenvalue weighted by Crippen LogP contribution is 2.20. The lowest BCUT2D eigenvalue weighted by Crippen LogP contribution is -2.05. The number of carboxylic acid groups (broad SMARTS) is 1. The highest BCUT2D eigenvalue weighted by atomic mass is 35.5. The van der Waals surface area contributed by atoms with Crippen molar-refractivity contribution in [2.75, 3.05) is 0 Å². The first-order chi connectivity index (χ1) is 7.62. The molecule has 0 fully saturated rings. The van der Waals surface area contributed by atoms with Crippen LogP contribution in [0.3, 0.4) is 0 Å². The van der Waals surface area contributed by atoms with Crippen molar-refractivity contribution >= 4 is 17.6 Å². The number of benzene rings is 1. The Hall–Kier alpha value is -1.53. The summed E-state index contributed by atoms with van der Waals surface area (Å²) < 4.78 is 0. The zero-order valence-electron chi connectivity index (χ0n) is 8.96. The molecule has 1 rings (SSSR count). The number of nitriles is 1. The van der Waals surface area contributed by atoms with Crippen molar-refractivity contribution in [3.63, 3.8) is 0 Å². The molecule has 0 aliphatic carbocycles. The maximum Gasteiger partial charge on any atom is 0.307 e. The molecule has 4 heteroatoms. The number of aliphatic carboxylic acids is 1. The van der Waals surface area contributed by atoms with Crippen molar-refractivity contribution in [1.82, 2.24) is 0 Å². The highest BCUT2D eigenvalue weighted by Gasteiger charge is 2.12. The van der Waals surface area contributed by atoms with Gasteiger partial charge in [-0.2, -0.15) is 5.26 Å². The van der Waals surface area contributed by atoms with Crippen LogP contribution in [-0.2, 0) is 23.5 Å². The zero-order valence-corrected chi connectivity index (χ0v) is 9.71. The lowest BCUT2D eigenvalue weighted by atomic mass is 9.96. The summed E-state index contributed by atoms with van der Waals surface area (Å²) in [6, 6.07) is 5.64. The number of nitrogens with zero attached hydrogens (tertiary/aromatic N) is 1. The summed E-state index contributed by atoms with van der Waals surface area (Å²) in [5.41, 5.74) is 2.70. The third-order valence-electron chi connectivity index (χ3n) is 2.41. The maximum atomic E-state index is 10.7. The van der Waals surface area contributed by atoms with Crippen molar-refractivity contribution < 1.29 is 9.90 Å². The summed E-state index contributed by atoms with van der Waals surface area (Å²) in [6.07, 6.45) is 0.675. The Kier molecular flexibility index (Phi) is 4.33. The molecule has 84 valence electrons. The van der Waals surface area contributed by atoms with Gasteiger partial charge in [-0.25, -0.2) is 0 Å². The van der Waals surface area contributed by atoms with Crippen molar-refractivity contribution in [3.05, 3.63) is 34.4 Å². The molecule has 0 radical (unpaired) electrons. The largest absolute Gasteiger partial charge is 0.481 e. The molecule has 3 nitrogen and oxygen atoms in total. The van der Waals surface area contributed by atoms with E-state index in [-0.39, 0.29) is 12.3 Å². The predicted octanol–water partition coefficient (Wildman–Crippen LogP) is 2.49. The number of carboxylic acids is 1. The van der Waals surface area contributed by atoms with Gasteiger partial charge < -0.3 is 5.11 Å². The molecular formula is C12H12ClNO2. The summed E-state index contributed by atoms with van der Waals surface area (Å²) in [5, 5.41) is 17.8. The smallest absolute Gasteiger partial charge is 0.307 e. The first-order valence-corrected chi connectivity index (χ1v) is 5.48. The Morgan fingerprint density at radius 1 is 1.56 bits per heavy atom. The van der Waals surface area contributed by atoms with Gasteiger partial charge in [-0.1, -0.05) is 13.0 Å². The van der Waals surface area contributed by atoms with E-state index in [0.717, 1.165) is 12.0 Å². The molecule has 0 atom stereocenters. The van der Waals surface area contributed by atoms with Crippen LogP contribution in [-0.4, -0.2) is 11.1 Å². The second-order valence-corrected chi connectivity index (χ2v) is 3.72. The third kappa shape index (κ3) is 2.74. The second-order valence-electron chi connectivity index (χ2n) is 3.45. The van der Waals surface area contributed by atoms with E-state index < -0.39 is 5.97 Å². The quantitative estimate of drug-likeness (QED) is 0.819. The van der Waals surface area contributed by atoms with Gasteiger partial charge in [-0.3, -0.25) is 4.79 Å². The first kappa shape index (κ1) is 12.5. The van der Waals surface area contributed by atoms with Crippen LogP contribution in [0.4, 0.5) is 0 Å². The molecule has 0 saturated heterocycles. The number of aryl methyl sites for hydroxylation is 1. The summed E-state index contributed by atoms with van der Waals surface area (Å²) in [6.45, 7) is 1.96. The Morgan fingerprint density at radius 2 is 2.25 bits per heavy atom. The molecule has 0 aromatic heterocycles. The van der Waals surface area contributed by atoms with Gasteiger partial charge in [0.25, 0.3) is 0 Å². The van der Waals surface area contributed by atoms with Gasteiger partial charge in [0.05, 0.1) is 18.1 Å². The van der Waals surface area contributed by atoms with Gasteiger partial charge in [0.2, 0.25) is 0 Å². The van der Waals surface area contributed by atoms with Crippen LogP contribution in [0.15, 0.2) is 12.1 Å². The number of rotatable bonds is 4. The average molecular weight is 238 g/mol. The van der Waals surface area contributed by atoms with E-state index in [2.05, 4.69) is 6.07 Å². The van der Waals surface area contributed by atoms with Crippen molar-refractivity contribution in [2.45, 2.75) is 25.6 Å². The van der Waals surface area contributed by atoms with Gasteiger partial charge >= 0.3 is 5.97 Å². The van der Waals surface area contributed by atoms with Crippen LogP contribution in [0.1, 0.15) is 29.2 Å². The Labute approximate surface area is 99.3 Å². The number of hydrogen-bond donors (Lipinski definition) is 1. The Balaban J connectivity index is 3.32. The van der Waals surface area contributed by atoms with Crippen LogP contribution in [0.2, 0.25) is 0 Å². The van der Waals surface area contributed by atoms with Crippen molar-refractivity contribution in [2.24, 2.45) is 0 Å². The van der Waals surface area contributed by atoms with E-state index in [0.29, 0.717) is 16.7 Å². The van der Waals surface area contributed by atoms with Crippen LogP contribution in [0.25, 0.3) is 0 Å². The standard InChI is InChI=1S/C12H12ClNO2/c1-2-8-3-9(5-12(15)16)11(6-13)10(4-8)7-14/h3-4H,2,5-6H2,1H3,(H,15,16). The fraction of sp³-hybridized carbons (Fsp3) is 0.333. The van der Waals surface area contributed by atoms with Crippen LogP contribution in [0.5, 0.6) is 0 Å². The van der Waals surface area contributed by atoms with Crippen LogP contribution < -0.4 is 0 Å². The summed E-state index contributed by atoms with van der Waals surface area (Å²) in [5.74, 6) is -0.751. The molecule has 0 heterocycles.